The second kappa shape index (κ2) is 7.45. The minimum Gasteiger partial charge on any atom is -0.486 e. The molecule has 2 rings (SSSR count). The lowest BCUT2D eigenvalue weighted by Gasteiger charge is -2.11. The van der Waals surface area contributed by atoms with Gasteiger partial charge >= 0.3 is 6.18 Å². The average Bonchev–Trinajstić information content (AvgIpc) is 2.60. The SMILES string of the molecule is N#Cc1cccc(OCC(=O)[C@H](C#N)c2ccc(C(F)(F)F)cn2)c1. The zero-order valence-electron chi connectivity index (χ0n) is 12.6. The van der Waals surface area contributed by atoms with Gasteiger partial charge in [-0.25, -0.2) is 0 Å². The lowest BCUT2D eigenvalue weighted by molar-refractivity contribution is -0.137. The van der Waals surface area contributed by atoms with E-state index < -0.39 is 30.0 Å². The lowest BCUT2D eigenvalue weighted by Crippen LogP contribution is -2.20. The van der Waals surface area contributed by atoms with Gasteiger partial charge in [0.15, 0.2) is 11.7 Å². The first kappa shape index (κ1) is 18.0. The number of hydrogen-bond donors (Lipinski definition) is 0. The Morgan fingerprint density at radius 2 is 2.00 bits per heavy atom. The van der Waals surface area contributed by atoms with Gasteiger partial charge in [0.05, 0.1) is 29.0 Å². The molecule has 0 aliphatic carbocycles. The highest BCUT2D eigenvalue weighted by Gasteiger charge is 2.31. The van der Waals surface area contributed by atoms with Crippen LogP contribution in [0.1, 0.15) is 22.7 Å². The first-order valence-corrected chi connectivity index (χ1v) is 6.93. The zero-order valence-corrected chi connectivity index (χ0v) is 12.6. The maximum atomic E-state index is 12.5. The van der Waals surface area contributed by atoms with Crippen molar-refractivity contribution in [3.05, 3.63) is 59.4 Å². The Labute approximate surface area is 140 Å². The van der Waals surface area contributed by atoms with Crippen molar-refractivity contribution in [2.45, 2.75) is 12.1 Å². The topological polar surface area (TPSA) is 86.8 Å². The van der Waals surface area contributed by atoms with Gasteiger partial charge in [0.1, 0.15) is 12.4 Å². The van der Waals surface area contributed by atoms with Crippen LogP contribution in [0.4, 0.5) is 13.2 Å². The summed E-state index contributed by atoms with van der Waals surface area (Å²) in [6.45, 7) is -0.476. The molecule has 1 aromatic carbocycles. The van der Waals surface area contributed by atoms with Crippen LogP contribution in [0.3, 0.4) is 0 Å². The van der Waals surface area contributed by atoms with Crippen LogP contribution in [-0.4, -0.2) is 17.4 Å². The number of carbonyl (C=O) groups is 1. The number of nitriles is 2. The molecule has 0 radical (unpaired) electrons. The standard InChI is InChI=1S/C17H10F3N3O2/c18-17(19,20)12-4-5-15(23-9-12)14(8-22)16(24)10-25-13-3-1-2-11(6-13)7-21/h1-6,9,14H,10H2/t14-/m1/s1. The third kappa shape index (κ3) is 4.55. The molecule has 0 aliphatic rings. The summed E-state index contributed by atoms with van der Waals surface area (Å²) in [7, 11) is 0. The molecule has 0 bridgehead atoms. The monoisotopic (exact) mass is 345 g/mol. The van der Waals surface area contributed by atoms with E-state index >= 15 is 0 Å². The number of halogens is 3. The minimum atomic E-state index is -4.55. The van der Waals surface area contributed by atoms with E-state index in [4.69, 9.17) is 15.3 Å². The van der Waals surface area contributed by atoms with Gasteiger partial charge in [0, 0.05) is 6.20 Å². The average molecular weight is 345 g/mol. The maximum absolute atomic E-state index is 12.5. The van der Waals surface area contributed by atoms with E-state index in [2.05, 4.69) is 4.98 Å². The van der Waals surface area contributed by atoms with E-state index in [0.717, 1.165) is 12.1 Å². The molecule has 1 atom stereocenters. The molecule has 0 amide bonds. The first-order valence-electron chi connectivity index (χ1n) is 6.93. The zero-order chi connectivity index (χ0) is 18.4. The number of rotatable bonds is 5. The Hall–Kier alpha value is -3.39. The van der Waals surface area contributed by atoms with E-state index in [-0.39, 0.29) is 11.4 Å². The van der Waals surface area contributed by atoms with Crippen LogP contribution in [0.15, 0.2) is 42.6 Å². The lowest BCUT2D eigenvalue weighted by atomic mass is 10.0. The number of pyridine rings is 1. The number of benzene rings is 1. The van der Waals surface area contributed by atoms with Crippen LogP contribution >= 0.6 is 0 Å². The summed E-state index contributed by atoms with van der Waals surface area (Å²) in [6.07, 6.45) is -3.98. The summed E-state index contributed by atoms with van der Waals surface area (Å²) in [6, 6.07) is 11.5. The predicted molar refractivity (Wildman–Crippen MR) is 79.3 cm³/mol. The second-order valence-electron chi connectivity index (χ2n) is 4.93. The molecule has 0 aliphatic heterocycles. The van der Waals surface area contributed by atoms with Crippen molar-refractivity contribution in [1.82, 2.24) is 4.98 Å². The van der Waals surface area contributed by atoms with Crippen molar-refractivity contribution in [2.75, 3.05) is 6.61 Å². The fourth-order valence-corrected chi connectivity index (χ4v) is 1.94. The number of carbonyl (C=O) groups excluding carboxylic acids is 1. The van der Waals surface area contributed by atoms with E-state index in [1.807, 2.05) is 6.07 Å². The molecule has 8 heteroatoms. The quantitative estimate of drug-likeness (QED) is 0.830. The van der Waals surface area contributed by atoms with E-state index in [1.54, 1.807) is 18.2 Å². The van der Waals surface area contributed by atoms with Crippen LogP contribution in [-0.2, 0) is 11.0 Å². The molecule has 0 saturated carbocycles. The number of ketones is 1. The van der Waals surface area contributed by atoms with Gasteiger partial charge < -0.3 is 4.74 Å². The Balaban J connectivity index is 2.08. The van der Waals surface area contributed by atoms with Crippen LogP contribution in [0, 0.1) is 22.7 Å². The predicted octanol–water partition coefficient (Wildman–Crippen LogP) is 3.23. The number of hydrogen-bond acceptors (Lipinski definition) is 5. The van der Waals surface area contributed by atoms with Gasteiger partial charge in [0.2, 0.25) is 0 Å². The number of alkyl halides is 3. The van der Waals surface area contributed by atoms with Gasteiger partial charge in [-0.1, -0.05) is 6.07 Å². The van der Waals surface area contributed by atoms with E-state index in [9.17, 15) is 18.0 Å². The van der Waals surface area contributed by atoms with Crippen molar-refractivity contribution in [1.29, 1.82) is 10.5 Å². The highest BCUT2D eigenvalue weighted by molar-refractivity contribution is 5.89. The van der Waals surface area contributed by atoms with E-state index in [0.29, 0.717) is 11.8 Å². The van der Waals surface area contributed by atoms with Crippen LogP contribution in [0.2, 0.25) is 0 Å². The van der Waals surface area contributed by atoms with Gasteiger partial charge in [-0.2, -0.15) is 23.7 Å². The van der Waals surface area contributed by atoms with Crippen molar-refractivity contribution < 1.29 is 22.7 Å². The van der Waals surface area contributed by atoms with Crippen molar-refractivity contribution in [3.63, 3.8) is 0 Å². The minimum absolute atomic E-state index is 0.0881. The smallest absolute Gasteiger partial charge is 0.417 e. The molecule has 0 N–H and O–H groups in total. The highest BCUT2D eigenvalue weighted by atomic mass is 19.4. The summed E-state index contributed by atoms with van der Waals surface area (Å²) >= 11 is 0. The molecule has 1 heterocycles. The highest BCUT2D eigenvalue weighted by Crippen LogP contribution is 2.29. The van der Waals surface area contributed by atoms with Gasteiger partial charge in [-0.15, -0.1) is 0 Å². The Kier molecular flexibility index (Phi) is 5.35. The molecule has 0 spiro atoms. The van der Waals surface area contributed by atoms with E-state index in [1.165, 1.54) is 12.1 Å². The molecule has 2 aromatic rings. The molecular formula is C17H10F3N3O2. The first-order chi connectivity index (χ1) is 11.8. The Bertz CT molecular complexity index is 849. The molecular weight excluding hydrogens is 335 g/mol. The fourth-order valence-electron chi connectivity index (χ4n) is 1.94. The molecule has 0 fully saturated rings. The summed E-state index contributed by atoms with van der Waals surface area (Å²) < 4.78 is 42.8. The second-order valence-corrected chi connectivity index (χ2v) is 4.93. The maximum Gasteiger partial charge on any atom is 0.417 e. The Morgan fingerprint density at radius 1 is 1.24 bits per heavy atom. The van der Waals surface area contributed by atoms with Gasteiger partial charge in [0.25, 0.3) is 0 Å². The summed E-state index contributed by atoms with van der Waals surface area (Å²) in [4.78, 5) is 15.7. The van der Waals surface area contributed by atoms with Crippen LogP contribution in [0.25, 0.3) is 0 Å². The molecule has 1 aromatic heterocycles. The number of Topliss-reactive ketones (excluding diaryl/α,β-unsaturated/α-hetero) is 1. The fraction of sp³-hybridized carbons (Fsp3) is 0.176. The largest absolute Gasteiger partial charge is 0.486 e. The summed E-state index contributed by atoms with van der Waals surface area (Å²) in [5, 5.41) is 17.9. The third-order valence-corrected chi connectivity index (χ3v) is 3.20. The normalized spacial score (nSPS) is 11.9. The number of ether oxygens (including phenoxy) is 1. The van der Waals surface area contributed by atoms with Crippen LogP contribution < -0.4 is 4.74 Å². The molecule has 0 unspecified atom stereocenters. The number of aromatic nitrogens is 1. The van der Waals surface area contributed by atoms with Crippen molar-refractivity contribution in [2.24, 2.45) is 0 Å². The summed E-state index contributed by atoms with van der Waals surface area (Å²) in [5.74, 6) is -1.73. The Morgan fingerprint density at radius 3 is 2.56 bits per heavy atom. The van der Waals surface area contributed by atoms with Crippen molar-refractivity contribution in [3.8, 4) is 17.9 Å². The summed E-state index contributed by atoms with van der Waals surface area (Å²) in [5.41, 5.74) is -0.717. The molecule has 5 nitrogen and oxygen atoms in total. The van der Waals surface area contributed by atoms with Crippen LogP contribution in [0.5, 0.6) is 5.75 Å². The van der Waals surface area contributed by atoms with Crippen molar-refractivity contribution >= 4 is 5.78 Å². The molecule has 25 heavy (non-hydrogen) atoms. The molecule has 126 valence electrons. The molecule has 0 saturated heterocycles. The third-order valence-electron chi connectivity index (χ3n) is 3.20. The van der Waals surface area contributed by atoms with Gasteiger partial charge in [-0.05, 0) is 30.3 Å². The number of nitrogens with zero attached hydrogens (tertiary/aromatic N) is 3. The van der Waals surface area contributed by atoms with Gasteiger partial charge in [-0.3, -0.25) is 9.78 Å².